The summed E-state index contributed by atoms with van der Waals surface area (Å²) in [6.45, 7) is 0. The number of aromatic nitrogens is 2. The van der Waals surface area contributed by atoms with Gasteiger partial charge in [-0.25, -0.2) is 0 Å². The summed E-state index contributed by atoms with van der Waals surface area (Å²) in [5.41, 5.74) is 23.7. The summed E-state index contributed by atoms with van der Waals surface area (Å²) in [5.74, 6) is 0. The highest BCUT2D eigenvalue weighted by Gasteiger charge is 2.21. The predicted octanol–water partition coefficient (Wildman–Crippen LogP) is 19.5. The fourth-order valence-electron chi connectivity index (χ4n) is 11.6. The number of hydrogen-bond donors (Lipinski definition) is 0. The molecule has 346 valence electrons. The molecule has 0 amide bonds. The third-order valence-electron chi connectivity index (χ3n) is 15.0. The van der Waals surface area contributed by atoms with E-state index in [1.807, 2.05) is 0 Å². The number of benzene rings is 12. The average Bonchev–Trinajstić information content (AvgIpc) is 4.02. The second-order valence-corrected chi connectivity index (χ2v) is 19.2. The Morgan fingerprint density at radius 3 is 0.892 bits per heavy atom. The molecule has 14 aromatic rings. The number of rotatable bonds is 9. The van der Waals surface area contributed by atoms with Gasteiger partial charge in [0.05, 0.1) is 22.1 Å². The highest BCUT2D eigenvalue weighted by molar-refractivity contribution is 6.12. The molecule has 0 saturated carbocycles. The van der Waals surface area contributed by atoms with Crippen LogP contribution in [0.5, 0.6) is 0 Å². The molecule has 0 aliphatic carbocycles. The van der Waals surface area contributed by atoms with Crippen molar-refractivity contribution in [3.63, 3.8) is 0 Å². The Hall–Kier alpha value is -9.76. The van der Waals surface area contributed by atoms with Gasteiger partial charge in [-0.15, -0.1) is 0 Å². The van der Waals surface area contributed by atoms with Gasteiger partial charge in [0.2, 0.25) is 0 Å². The fourth-order valence-corrected chi connectivity index (χ4v) is 11.6. The van der Waals surface area contributed by atoms with Crippen LogP contribution in [0.3, 0.4) is 0 Å². The zero-order valence-corrected chi connectivity index (χ0v) is 40.6. The van der Waals surface area contributed by atoms with Crippen LogP contribution in [0.1, 0.15) is 0 Å². The lowest BCUT2D eigenvalue weighted by Crippen LogP contribution is -1.96. The van der Waals surface area contributed by atoms with Crippen LogP contribution >= 0.6 is 0 Å². The number of fused-ring (bicyclic) bond motifs is 6. The summed E-state index contributed by atoms with van der Waals surface area (Å²) < 4.78 is 4.83. The Kier molecular flexibility index (Phi) is 10.6. The van der Waals surface area contributed by atoms with E-state index < -0.39 is 0 Å². The van der Waals surface area contributed by atoms with Gasteiger partial charge in [-0.1, -0.05) is 224 Å². The quantitative estimate of drug-likeness (QED) is 0.136. The molecule has 0 aliphatic rings. The zero-order chi connectivity index (χ0) is 49.0. The molecular formula is C72H48N2. The molecule has 0 N–H and O–H groups in total. The second-order valence-electron chi connectivity index (χ2n) is 19.2. The van der Waals surface area contributed by atoms with Crippen LogP contribution in [0.15, 0.2) is 291 Å². The molecule has 12 aromatic carbocycles. The monoisotopic (exact) mass is 940 g/mol. The van der Waals surface area contributed by atoms with Gasteiger partial charge in [-0.05, 0) is 145 Å². The lowest BCUT2D eigenvalue weighted by atomic mass is 9.85. The van der Waals surface area contributed by atoms with Crippen molar-refractivity contribution in [1.29, 1.82) is 0 Å². The van der Waals surface area contributed by atoms with Gasteiger partial charge in [-0.2, -0.15) is 0 Å². The van der Waals surface area contributed by atoms with Crippen molar-refractivity contribution in [2.75, 3.05) is 0 Å². The Morgan fingerprint density at radius 1 is 0.162 bits per heavy atom. The summed E-state index contributed by atoms with van der Waals surface area (Å²) in [6, 6.07) is 107. The summed E-state index contributed by atoms with van der Waals surface area (Å²) in [5, 5.41) is 4.93. The third-order valence-corrected chi connectivity index (χ3v) is 15.0. The number of para-hydroxylation sites is 3. The van der Waals surface area contributed by atoms with E-state index in [2.05, 4.69) is 300 Å². The predicted molar refractivity (Wildman–Crippen MR) is 313 cm³/mol. The van der Waals surface area contributed by atoms with Crippen LogP contribution in [-0.4, -0.2) is 9.13 Å². The van der Waals surface area contributed by atoms with Crippen molar-refractivity contribution in [1.82, 2.24) is 9.13 Å². The summed E-state index contributed by atoms with van der Waals surface area (Å²) in [7, 11) is 0. The molecule has 2 heteroatoms. The van der Waals surface area contributed by atoms with Crippen molar-refractivity contribution in [3.8, 4) is 89.3 Å². The number of hydrogen-bond acceptors (Lipinski definition) is 0. The second kappa shape index (κ2) is 18.1. The minimum Gasteiger partial charge on any atom is -0.309 e. The molecule has 14 rings (SSSR count). The molecule has 74 heavy (non-hydrogen) atoms. The van der Waals surface area contributed by atoms with E-state index >= 15 is 0 Å². The molecule has 2 aromatic heterocycles. The van der Waals surface area contributed by atoms with E-state index in [0.717, 1.165) is 11.4 Å². The van der Waals surface area contributed by atoms with Crippen molar-refractivity contribution < 1.29 is 0 Å². The van der Waals surface area contributed by atoms with Crippen molar-refractivity contribution in [2.24, 2.45) is 0 Å². The van der Waals surface area contributed by atoms with Gasteiger partial charge >= 0.3 is 0 Å². The highest BCUT2D eigenvalue weighted by atomic mass is 15.0. The molecule has 0 fully saturated rings. The van der Waals surface area contributed by atoms with Gasteiger partial charge in [-0.3, -0.25) is 0 Å². The molecule has 2 heterocycles. The van der Waals surface area contributed by atoms with E-state index in [0.29, 0.717) is 0 Å². The van der Waals surface area contributed by atoms with E-state index in [4.69, 9.17) is 0 Å². The van der Waals surface area contributed by atoms with Crippen LogP contribution in [0, 0.1) is 0 Å². The van der Waals surface area contributed by atoms with Crippen LogP contribution < -0.4 is 0 Å². The highest BCUT2D eigenvalue weighted by Crippen LogP contribution is 2.46. The van der Waals surface area contributed by atoms with Crippen molar-refractivity contribution >= 4 is 43.6 Å². The first-order valence-electron chi connectivity index (χ1n) is 25.5. The Morgan fingerprint density at radius 2 is 0.473 bits per heavy atom. The van der Waals surface area contributed by atoms with Crippen molar-refractivity contribution in [3.05, 3.63) is 291 Å². The molecule has 0 bridgehead atoms. The maximum atomic E-state index is 2.45. The zero-order valence-electron chi connectivity index (χ0n) is 40.6. The molecule has 0 spiro atoms. The topological polar surface area (TPSA) is 9.86 Å². The third kappa shape index (κ3) is 7.35. The van der Waals surface area contributed by atoms with Crippen LogP contribution in [-0.2, 0) is 0 Å². The summed E-state index contributed by atoms with van der Waals surface area (Å²) in [6.07, 6.45) is 0. The lowest BCUT2D eigenvalue weighted by molar-refractivity contribution is 1.18. The van der Waals surface area contributed by atoms with Crippen molar-refractivity contribution in [2.45, 2.75) is 0 Å². The Bertz CT molecular complexity index is 4350. The molecule has 0 radical (unpaired) electrons. The first-order valence-corrected chi connectivity index (χ1v) is 25.5. The fraction of sp³-hybridized carbons (Fsp3) is 0. The van der Waals surface area contributed by atoms with Gasteiger partial charge in [0.25, 0.3) is 0 Å². The largest absolute Gasteiger partial charge is 0.309 e. The standard InChI is InChI=1S/C72H48N2/c1-4-22-49(23-5-1)53-44-54(50-24-6-2-7-25-50)46-56(45-53)74-70-39-21-19-37-66(70)68-48-52(41-43-72(68)74)58-29-11-13-31-60(58)62-33-15-17-35-64(62)63-34-16-14-32-61(63)59-30-12-10-28-57(59)51-40-42-71-67(47-51)65-36-18-20-38-69(65)73(71)55-26-8-3-9-27-55/h1-48H. The first kappa shape index (κ1) is 43.1. The molecule has 0 saturated heterocycles. The van der Waals surface area contributed by atoms with E-state index in [1.165, 1.54) is 122 Å². The smallest absolute Gasteiger partial charge is 0.0541 e. The molecule has 0 aliphatic heterocycles. The minimum atomic E-state index is 1.13. The van der Waals surface area contributed by atoms with Gasteiger partial charge in [0, 0.05) is 32.9 Å². The van der Waals surface area contributed by atoms with E-state index in [1.54, 1.807) is 0 Å². The van der Waals surface area contributed by atoms with Crippen LogP contribution in [0.4, 0.5) is 0 Å². The Labute approximate surface area is 431 Å². The van der Waals surface area contributed by atoms with Gasteiger partial charge < -0.3 is 9.13 Å². The molecule has 0 atom stereocenters. The normalized spacial score (nSPS) is 11.5. The Balaban J connectivity index is 0.888. The molecule has 0 unspecified atom stereocenters. The van der Waals surface area contributed by atoms with Crippen LogP contribution in [0.25, 0.3) is 133 Å². The number of nitrogens with zero attached hydrogens (tertiary/aromatic N) is 2. The van der Waals surface area contributed by atoms with E-state index in [-0.39, 0.29) is 0 Å². The minimum absolute atomic E-state index is 1.13. The maximum absolute atomic E-state index is 2.45. The van der Waals surface area contributed by atoms with E-state index in [9.17, 15) is 0 Å². The maximum Gasteiger partial charge on any atom is 0.0541 e. The molecular weight excluding hydrogens is 893 g/mol. The lowest BCUT2D eigenvalue weighted by Gasteiger charge is -2.19. The van der Waals surface area contributed by atoms with Crippen LogP contribution in [0.2, 0.25) is 0 Å². The van der Waals surface area contributed by atoms with Gasteiger partial charge in [0.15, 0.2) is 0 Å². The first-order chi connectivity index (χ1) is 36.7. The average molecular weight is 941 g/mol. The summed E-state index contributed by atoms with van der Waals surface area (Å²) in [4.78, 5) is 0. The van der Waals surface area contributed by atoms with Gasteiger partial charge in [0.1, 0.15) is 0 Å². The summed E-state index contributed by atoms with van der Waals surface area (Å²) >= 11 is 0. The molecule has 2 nitrogen and oxygen atoms in total. The SMILES string of the molecule is c1ccc(-c2cc(-c3ccccc3)cc(-n3c4ccccc4c4cc(-c5ccccc5-c5ccccc5-c5ccccc5-c5ccccc5-c5ccc6c(c5)c5ccccc5n6-c5ccccc5)ccc43)c2)cc1.